The summed E-state index contributed by atoms with van der Waals surface area (Å²) < 4.78 is 27.3. The summed E-state index contributed by atoms with van der Waals surface area (Å²) in [6.07, 6.45) is 3.32. The molecule has 1 fully saturated rings. The number of nitrogens with one attached hydrogen (secondary N) is 1. The van der Waals surface area contributed by atoms with Crippen molar-refractivity contribution >= 4 is 21.4 Å². The number of sulfonamides is 1. The fraction of sp³-hybridized carbons (Fsp3) is 0.733. The second-order valence-corrected chi connectivity index (χ2v) is 9.20. The van der Waals surface area contributed by atoms with Crippen LogP contribution < -0.4 is 5.32 Å². The van der Waals surface area contributed by atoms with Gasteiger partial charge in [-0.05, 0) is 46.1 Å². The highest BCUT2D eigenvalue weighted by atomic mass is 32.2. The van der Waals surface area contributed by atoms with E-state index in [0.29, 0.717) is 17.5 Å². The van der Waals surface area contributed by atoms with Crippen LogP contribution in [0.25, 0.3) is 0 Å². The maximum Gasteiger partial charge on any atom is 0.244 e. The highest BCUT2D eigenvalue weighted by molar-refractivity contribution is 7.89. The molecule has 0 aromatic carbocycles. The van der Waals surface area contributed by atoms with Gasteiger partial charge in [0.1, 0.15) is 0 Å². The minimum atomic E-state index is -3.38. The third-order valence-corrected chi connectivity index (χ3v) is 7.05. The molecule has 1 aliphatic carbocycles. The van der Waals surface area contributed by atoms with E-state index in [1.54, 1.807) is 15.6 Å². The molecule has 0 radical (unpaired) electrons. The molecule has 1 aromatic rings. The summed E-state index contributed by atoms with van der Waals surface area (Å²) in [4.78, 5) is 2.49. The van der Waals surface area contributed by atoms with Gasteiger partial charge >= 0.3 is 0 Å². The Kier molecular flexibility index (Phi) is 5.46. The molecule has 120 valence electrons. The highest BCUT2D eigenvalue weighted by Crippen LogP contribution is 2.30. The van der Waals surface area contributed by atoms with Crippen molar-refractivity contribution in [1.29, 1.82) is 0 Å². The molecule has 0 spiro atoms. The summed E-state index contributed by atoms with van der Waals surface area (Å²) in [7, 11) is -3.38. The lowest BCUT2D eigenvalue weighted by Crippen LogP contribution is -2.37. The van der Waals surface area contributed by atoms with Crippen LogP contribution in [0.15, 0.2) is 11.0 Å². The number of nitrogens with zero attached hydrogens (tertiary/aromatic N) is 1. The van der Waals surface area contributed by atoms with Crippen LogP contribution in [0.2, 0.25) is 0 Å². The molecule has 1 aliphatic rings. The van der Waals surface area contributed by atoms with Crippen LogP contribution >= 0.6 is 11.3 Å². The van der Waals surface area contributed by atoms with Gasteiger partial charge in [-0.15, -0.1) is 11.3 Å². The normalized spacial score (nSPS) is 16.1. The third-order valence-electron chi connectivity index (χ3n) is 3.67. The van der Waals surface area contributed by atoms with Crippen molar-refractivity contribution in [3.63, 3.8) is 0 Å². The van der Waals surface area contributed by atoms with E-state index in [9.17, 15) is 8.42 Å². The van der Waals surface area contributed by atoms with E-state index in [-0.39, 0.29) is 6.04 Å². The molecule has 4 nitrogen and oxygen atoms in total. The van der Waals surface area contributed by atoms with Crippen LogP contribution in [-0.4, -0.2) is 31.4 Å². The molecule has 6 heteroatoms. The quantitative estimate of drug-likeness (QED) is 0.797. The van der Waals surface area contributed by atoms with Crippen molar-refractivity contribution in [2.75, 3.05) is 6.54 Å². The van der Waals surface area contributed by atoms with Crippen molar-refractivity contribution < 1.29 is 8.42 Å². The Bertz CT molecular complexity index is 574. The minimum absolute atomic E-state index is 0.0118. The van der Waals surface area contributed by atoms with Gasteiger partial charge in [-0.3, -0.25) is 0 Å². The molecule has 2 rings (SSSR count). The van der Waals surface area contributed by atoms with Crippen LogP contribution in [-0.2, 0) is 16.6 Å². The molecule has 0 aliphatic heterocycles. The second kappa shape index (κ2) is 6.77. The van der Waals surface area contributed by atoms with Crippen molar-refractivity contribution in [2.45, 2.75) is 70.5 Å². The number of hydrogen-bond donors (Lipinski definition) is 1. The lowest BCUT2D eigenvalue weighted by Gasteiger charge is -2.25. The van der Waals surface area contributed by atoms with Gasteiger partial charge < -0.3 is 5.32 Å². The van der Waals surface area contributed by atoms with Crippen molar-refractivity contribution in [3.8, 4) is 0 Å². The van der Waals surface area contributed by atoms with Gasteiger partial charge in [0.25, 0.3) is 0 Å². The molecule has 1 aromatic heterocycles. The van der Waals surface area contributed by atoms with Crippen LogP contribution in [0.3, 0.4) is 0 Å². The van der Waals surface area contributed by atoms with Crippen molar-refractivity contribution in [1.82, 2.24) is 9.62 Å². The van der Waals surface area contributed by atoms with Crippen LogP contribution in [0, 0.1) is 6.92 Å². The van der Waals surface area contributed by atoms with Gasteiger partial charge in [0, 0.05) is 34.9 Å². The molecule has 21 heavy (non-hydrogen) atoms. The zero-order chi connectivity index (χ0) is 15.6. The SMILES string of the molecule is CCCN(C(C)C)S(=O)(=O)c1cc(CNC2CC2)sc1C. The zero-order valence-corrected chi connectivity index (χ0v) is 15.0. The third kappa shape index (κ3) is 4.06. The van der Waals surface area contributed by atoms with Crippen molar-refractivity contribution in [2.24, 2.45) is 0 Å². The van der Waals surface area contributed by atoms with Gasteiger partial charge in [0.15, 0.2) is 0 Å². The number of hydrogen-bond acceptors (Lipinski definition) is 4. The number of thiophene rings is 1. The second-order valence-electron chi connectivity index (χ2n) is 6.00. The van der Waals surface area contributed by atoms with E-state index in [1.165, 1.54) is 12.8 Å². The summed E-state index contributed by atoms with van der Waals surface area (Å²) in [5.74, 6) is 0. The first-order valence-corrected chi connectivity index (χ1v) is 9.96. The molecule has 0 atom stereocenters. The van der Waals surface area contributed by atoms with Gasteiger partial charge in [-0.1, -0.05) is 6.92 Å². The molecule has 1 N–H and O–H groups in total. The summed E-state index contributed by atoms with van der Waals surface area (Å²) in [5, 5.41) is 3.44. The first kappa shape index (κ1) is 16.9. The Balaban J connectivity index is 2.21. The summed E-state index contributed by atoms with van der Waals surface area (Å²) in [6.45, 7) is 9.14. The van der Waals surface area contributed by atoms with E-state index >= 15 is 0 Å². The first-order valence-electron chi connectivity index (χ1n) is 7.70. The van der Waals surface area contributed by atoms with Crippen LogP contribution in [0.1, 0.15) is 49.8 Å². The molecular formula is C15H26N2O2S2. The molecule has 0 bridgehead atoms. The minimum Gasteiger partial charge on any atom is -0.309 e. The maximum atomic E-state index is 12.9. The lowest BCUT2D eigenvalue weighted by atomic mass is 10.4. The van der Waals surface area contributed by atoms with Gasteiger partial charge in [-0.2, -0.15) is 4.31 Å². The summed E-state index contributed by atoms with van der Waals surface area (Å²) >= 11 is 1.59. The average Bonchev–Trinajstić information content (AvgIpc) is 3.15. The van der Waals surface area contributed by atoms with E-state index in [0.717, 1.165) is 22.7 Å². The first-order chi connectivity index (χ1) is 9.86. The zero-order valence-electron chi connectivity index (χ0n) is 13.3. The molecule has 0 unspecified atom stereocenters. The molecule has 1 heterocycles. The number of aryl methyl sites for hydroxylation is 1. The van der Waals surface area contributed by atoms with E-state index in [4.69, 9.17) is 0 Å². The van der Waals surface area contributed by atoms with Crippen LogP contribution in [0.5, 0.6) is 0 Å². The average molecular weight is 331 g/mol. The van der Waals surface area contributed by atoms with Crippen molar-refractivity contribution in [3.05, 3.63) is 15.8 Å². The fourth-order valence-electron chi connectivity index (χ4n) is 2.40. The van der Waals surface area contributed by atoms with E-state index in [1.807, 2.05) is 33.8 Å². The smallest absolute Gasteiger partial charge is 0.244 e. The highest BCUT2D eigenvalue weighted by Gasteiger charge is 2.29. The van der Waals surface area contributed by atoms with Crippen LogP contribution in [0.4, 0.5) is 0 Å². The predicted octanol–water partition coefficient (Wildman–Crippen LogP) is 3.12. The van der Waals surface area contributed by atoms with E-state index in [2.05, 4.69) is 5.32 Å². The number of rotatable bonds is 8. The maximum absolute atomic E-state index is 12.9. The monoisotopic (exact) mass is 330 g/mol. The Hall–Kier alpha value is -0.430. The predicted molar refractivity (Wildman–Crippen MR) is 88.2 cm³/mol. The fourth-order valence-corrected chi connectivity index (χ4v) is 5.69. The standard InChI is InChI=1S/C15H26N2O2S2/c1-5-8-17(11(2)3)21(18,19)15-9-14(20-12(15)4)10-16-13-6-7-13/h9,11,13,16H,5-8,10H2,1-4H3. The Morgan fingerprint density at radius 3 is 2.62 bits per heavy atom. The molecular weight excluding hydrogens is 304 g/mol. The Morgan fingerprint density at radius 2 is 2.10 bits per heavy atom. The largest absolute Gasteiger partial charge is 0.309 e. The Morgan fingerprint density at radius 1 is 1.43 bits per heavy atom. The van der Waals surface area contributed by atoms with Gasteiger partial charge in [0.05, 0.1) is 4.90 Å². The molecule has 0 saturated heterocycles. The summed E-state index contributed by atoms with van der Waals surface area (Å²) in [6, 6.07) is 2.48. The van der Waals surface area contributed by atoms with Gasteiger partial charge in [0.2, 0.25) is 10.0 Å². The molecule has 1 saturated carbocycles. The van der Waals surface area contributed by atoms with E-state index < -0.39 is 10.0 Å². The van der Waals surface area contributed by atoms with Gasteiger partial charge in [-0.25, -0.2) is 8.42 Å². The summed E-state index contributed by atoms with van der Waals surface area (Å²) in [5.41, 5.74) is 0. The topological polar surface area (TPSA) is 49.4 Å². The molecule has 0 amide bonds. The Labute approximate surface area is 132 Å². The lowest BCUT2D eigenvalue weighted by molar-refractivity contribution is 0.354.